The fourth-order valence-corrected chi connectivity index (χ4v) is 3.96. The van der Waals surface area contributed by atoms with Crippen LogP contribution in [0.4, 0.5) is 29.3 Å². The van der Waals surface area contributed by atoms with Crippen molar-refractivity contribution in [2.75, 3.05) is 50.9 Å². The lowest BCUT2D eigenvalue weighted by molar-refractivity contribution is -0.138. The summed E-state index contributed by atoms with van der Waals surface area (Å²) in [5.74, 6) is -0.165. The summed E-state index contributed by atoms with van der Waals surface area (Å²) in [7, 11) is 3.33. The number of hydrogen-bond donors (Lipinski definition) is 1. The van der Waals surface area contributed by atoms with Crippen molar-refractivity contribution in [2.24, 2.45) is 0 Å². The molecule has 1 aliphatic heterocycles. The molecule has 10 heteroatoms. The maximum atomic E-state index is 14.0. The third-order valence-corrected chi connectivity index (χ3v) is 5.88. The van der Waals surface area contributed by atoms with Gasteiger partial charge in [0.05, 0.1) is 17.5 Å². The number of likely N-dealkylation sites (tertiary alicyclic amines) is 1. The van der Waals surface area contributed by atoms with Gasteiger partial charge in [-0.1, -0.05) is 0 Å². The summed E-state index contributed by atoms with van der Waals surface area (Å²) in [6, 6.07) is 2.78. The minimum atomic E-state index is -4.59. The molecule has 1 atom stereocenters. The zero-order chi connectivity index (χ0) is 24.6. The van der Waals surface area contributed by atoms with E-state index in [0.29, 0.717) is 19.6 Å². The van der Waals surface area contributed by atoms with E-state index in [1.807, 2.05) is 20.8 Å². The highest BCUT2D eigenvalue weighted by Crippen LogP contribution is 2.46. The van der Waals surface area contributed by atoms with Gasteiger partial charge < -0.3 is 25.0 Å². The van der Waals surface area contributed by atoms with Crippen molar-refractivity contribution in [2.45, 2.75) is 64.0 Å². The molecule has 186 valence electrons. The Labute approximate surface area is 193 Å². The average Bonchev–Trinajstić information content (AvgIpc) is 3.38. The van der Waals surface area contributed by atoms with Gasteiger partial charge in [0.1, 0.15) is 16.9 Å². The molecule has 1 aromatic rings. The monoisotopic (exact) mass is 472 g/mol. The normalized spacial score (nSPS) is 19.5. The van der Waals surface area contributed by atoms with Crippen LogP contribution in [0.2, 0.25) is 0 Å². The molecule has 1 saturated carbocycles. The number of nitrogen functional groups attached to an aromatic ring is 1. The number of ether oxygens (including phenoxy) is 2. The number of anilines is 2. The molecule has 1 amide bonds. The lowest BCUT2D eigenvalue weighted by atomic mass is 10.1. The Morgan fingerprint density at radius 1 is 1.18 bits per heavy atom. The maximum absolute atomic E-state index is 14.0. The van der Waals surface area contributed by atoms with Crippen LogP contribution in [0, 0.1) is 0 Å². The first-order valence-corrected chi connectivity index (χ1v) is 11.3. The van der Waals surface area contributed by atoms with Crippen LogP contribution in [0.25, 0.3) is 0 Å². The van der Waals surface area contributed by atoms with E-state index in [0.717, 1.165) is 25.8 Å². The van der Waals surface area contributed by atoms with Crippen molar-refractivity contribution in [1.82, 2.24) is 9.80 Å². The van der Waals surface area contributed by atoms with Crippen molar-refractivity contribution < 1.29 is 27.4 Å². The van der Waals surface area contributed by atoms with Gasteiger partial charge in [0.15, 0.2) is 0 Å². The van der Waals surface area contributed by atoms with Crippen LogP contribution in [0.3, 0.4) is 0 Å². The van der Waals surface area contributed by atoms with Crippen LogP contribution < -0.4 is 15.4 Å². The number of halogens is 3. The lowest BCUT2D eigenvalue weighted by Gasteiger charge is -2.30. The molecule has 1 saturated heterocycles. The summed E-state index contributed by atoms with van der Waals surface area (Å²) >= 11 is 0. The van der Waals surface area contributed by atoms with Gasteiger partial charge >= 0.3 is 12.3 Å². The molecule has 7 nitrogen and oxygen atoms in total. The van der Waals surface area contributed by atoms with Crippen LogP contribution in [-0.4, -0.2) is 73.9 Å². The van der Waals surface area contributed by atoms with Crippen molar-refractivity contribution in [1.29, 1.82) is 0 Å². The molecule has 2 fully saturated rings. The summed E-state index contributed by atoms with van der Waals surface area (Å²) in [6.45, 7) is 7.74. The molecular formula is C23H35F3N4O3. The number of carbonyl (C=O) groups is 1. The second-order valence-electron chi connectivity index (χ2n) is 9.95. The predicted molar refractivity (Wildman–Crippen MR) is 122 cm³/mol. The van der Waals surface area contributed by atoms with E-state index in [1.165, 1.54) is 12.1 Å². The fourth-order valence-electron chi connectivity index (χ4n) is 3.96. The van der Waals surface area contributed by atoms with Gasteiger partial charge in [-0.25, -0.2) is 4.79 Å². The van der Waals surface area contributed by atoms with Crippen LogP contribution >= 0.6 is 0 Å². The number of rotatable bonds is 7. The third-order valence-electron chi connectivity index (χ3n) is 5.88. The van der Waals surface area contributed by atoms with Gasteiger partial charge in [-0.15, -0.1) is 0 Å². The van der Waals surface area contributed by atoms with E-state index in [4.69, 9.17) is 15.2 Å². The van der Waals surface area contributed by atoms with Crippen molar-refractivity contribution in [3.63, 3.8) is 0 Å². The highest BCUT2D eigenvalue weighted by atomic mass is 19.4. The largest absolute Gasteiger partial charge is 0.490 e. The van der Waals surface area contributed by atoms with E-state index in [2.05, 4.69) is 4.90 Å². The van der Waals surface area contributed by atoms with E-state index < -0.39 is 17.3 Å². The molecule has 1 aliphatic carbocycles. The summed E-state index contributed by atoms with van der Waals surface area (Å²) in [4.78, 5) is 17.6. The minimum Gasteiger partial charge on any atom is -0.490 e. The molecule has 3 rings (SSSR count). The smallest absolute Gasteiger partial charge is 0.422 e. The Hall–Kier alpha value is -2.36. The van der Waals surface area contributed by atoms with E-state index in [9.17, 15) is 18.0 Å². The van der Waals surface area contributed by atoms with Gasteiger partial charge in [-0.3, -0.25) is 4.90 Å². The summed E-state index contributed by atoms with van der Waals surface area (Å²) in [6.07, 6.45) is -2.81. The first kappa shape index (κ1) is 25.3. The van der Waals surface area contributed by atoms with Crippen molar-refractivity contribution >= 4 is 17.5 Å². The molecule has 2 N–H and O–H groups in total. The minimum absolute atomic E-state index is 0.00349. The highest BCUT2D eigenvalue weighted by Gasteiger charge is 2.41. The summed E-state index contributed by atoms with van der Waals surface area (Å²) in [5, 5.41) is 0. The second-order valence-corrected chi connectivity index (χ2v) is 9.95. The lowest BCUT2D eigenvalue weighted by Crippen LogP contribution is -2.42. The average molecular weight is 473 g/mol. The zero-order valence-electron chi connectivity index (χ0n) is 20.0. The number of likely N-dealkylation sites (N-methyl/N-ethyl adjacent to an activating group) is 2. The molecule has 0 unspecified atom stereocenters. The summed E-state index contributed by atoms with van der Waals surface area (Å²) in [5.41, 5.74) is 4.62. The molecule has 1 heterocycles. The highest BCUT2D eigenvalue weighted by molar-refractivity contribution is 5.75. The Kier molecular flexibility index (Phi) is 7.26. The molecule has 1 aromatic carbocycles. The fraction of sp³-hybridized carbons (Fsp3) is 0.696. The molecule has 0 bridgehead atoms. The van der Waals surface area contributed by atoms with Crippen LogP contribution in [0.15, 0.2) is 12.1 Å². The predicted octanol–water partition coefficient (Wildman–Crippen LogP) is 4.21. The number of nitrogens with two attached hydrogens (primary N) is 1. The number of amides is 1. The molecule has 33 heavy (non-hydrogen) atoms. The van der Waals surface area contributed by atoms with E-state index >= 15 is 0 Å². The summed E-state index contributed by atoms with van der Waals surface area (Å²) < 4.78 is 52.9. The zero-order valence-corrected chi connectivity index (χ0v) is 20.0. The van der Waals surface area contributed by atoms with Crippen molar-refractivity contribution in [3.05, 3.63) is 17.7 Å². The van der Waals surface area contributed by atoms with Gasteiger partial charge in [-0.2, -0.15) is 13.2 Å². The topological polar surface area (TPSA) is 71.3 Å². The molecule has 0 spiro atoms. The Bertz CT molecular complexity index is 853. The van der Waals surface area contributed by atoms with Crippen LogP contribution in [-0.2, 0) is 10.9 Å². The number of hydrogen-bond acceptors (Lipinski definition) is 6. The Morgan fingerprint density at radius 3 is 2.42 bits per heavy atom. The van der Waals surface area contributed by atoms with Crippen molar-refractivity contribution in [3.8, 4) is 5.75 Å². The molecular weight excluding hydrogens is 437 g/mol. The first-order chi connectivity index (χ1) is 15.3. The Balaban J connectivity index is 1.64. The second kappa shape index (κ2) is 9.48. The maximum Gasteiger partial charge on any atom is 0.422 e. The molecule has 0 radical (unpaired) electrons. The standard InChI is InChI=1S/C23H35F3N4O3/c1-22(2,3)33-21(31)29(5)15-10-11-30(14-15)13-12-28(4)20-17(27)8-9-18(32-16-6-7-16)19(20)23(24,25)26/h8-9,15-16H,6-7,10-14,27H2,1-5H3/t15-/m1/s1. The van der Waals surface area contributed by atoms with Gasteiger partial charge in [0, 0.05) is 46.3 Å². The van der Waals surface area contributed by atoms with Gasteiger partial charge in [0.25, 0.3) is 0 Å². The number of carbonyl (C=O) groups excluding carboxylic acids is 1. The first-order valence-electron chi connectivity index (χ1n) is 11.3. The quantitative estimate of drug-likeness (QED) is 0.600. The number of nitrogens with zero attached hydrogens (tertiary/aromatic N) is 3. The Morgan fingerprint density at radius 2 is 1.85 bits per heavy atom. The van der Waals surface area contributed by atoms with E-state index in [-0.39, 0.29) is 35.4 Å². The number of benzene rings is 1. The molecule has 2 aliphatic rings. The third kappa shape index (κ3) is 6.59. The van der Waals surface area contributed by atoms with Crippen LogP contribution in [0.5, 0.6) is 5.75 Å². The SMILES string of the molecule is CN(CCN1CC[C@@H](N(C)C(=O)OC(C)(C)C)C1)c1c(N)ccc(OC2CC2)c1C(F)(F)F. The van der Waals surface area contributed by atoms with Gasteiger partial charge in [-0.05, 0) is 52.2 Å². The number of alkyl halides is 3. The molecule has 0 aromatic heterocycles. The van der Waals surface area contributed by atoms with Crippen LogP contribution in [0.1, 0.15) is 45.6 Å². The van der Waals surface area contributed by atoms with Gasteiger partial charge in [0.2, 0.25) is 0 Å². The van der Waals surface area contributed by atoms with E-state index in [1.54, 1.807) is 23.9 Å².